The molecule has 0 amide bonds. The number of benzene rings is 9. The Hall–Kier alpha value is -6.72. The number of anilines is 6. The van der Waals surface area contributed by atoms with E-state index in [4.69, 9.17) is 0 Å². The standard InChI is InChI=1S/C52H34N2S2/c1-3-14-39(15-4-1)53(40-16-5-2-6-17-40)42-29-31-46-51(33-42)56-49-21-11-19-47(52(46)49)54(43-28-30-45-44-18-9-10-20-48(44)55-50(45)34-43)41-26-24-36(25-27-41)38-23-22-35-12-7-8-13-37(35)32-38/h1-34H. The van der Waals surface area contributed by atoms with Crippen molar-refractivity contribution in [3.8, 4) is 11.1 Å². The molecule has 0 aliphatic heterocycles. The zero-order chi connectivity index (χ0) is 37.0. The monoisotopic (exact) mass is 750 g/mol. The van der Waals surface area contributed by atoms with E-state index in [2.05, 4.69) is 216 Å². The lowest BCUT2D eigenvalue weighted by Gasteiger charge is -2.27. The molecule has 2 nitrogen and oxygen atoms in total. The van der Waals surface area contributed by atoms with Gasteiger partial charge in [-0.05, 0) is 107 Å². The normalized spacial score (nSPS) is 11.6. The molecule has 56 heavy (non-hydrogen) atoms. The molecule has 0 bridgehead atoms. The second-order valence-electron chi connectivity index (χ2n) is 14.2. The highest BCUT2D eigenvalue weighted by Crippen LogP contribution is 2.48. The number of thiophene rings is 2. The van der Waals surface area contributed by atoms with Crippen LogP contribution < -0.4 is 9.80 Å². The number of rotatable bonds is 7. The highest BCUT2D eigenvalue weighted by Gasteiger charge is 2.21. The Kier molecular flexibility index (Phi) is 7.90. The van der Waals surface area contributed by atoms with Crippen LogP contribution in [0.4, 0.5) is 34.1 Å². The van der Waals surface area contributed by atoms with Gasteiger partial charge in [0.25, 0.3) is 0 Å². The first-order chi connectivity index (χ1) is 27.7. The summed E-state index contributed by atoms with van der Waals surface area (Å²) in [7, 11) is 0. The van der Waals surface area contributed by atoms with E-state index in [9.17, 15) is 0 Å². The SMILES string of the molecule is c1ccc(N(c2ccccc2)c2ccc3c(c2)sc2cccc(N(c4ccc(-c5ccc6ccccc6c5)cc4)c4ccc5c(c4)sc4ccccc45)c23)cc1. The third-order valence-electron chi connectivity index (χ3n) is 10.8. The molecule has 11 rings (SSSR count). The van der Waals surface area contributed by atoms with Crippen molar-refractivity contribution in [2.24, 2.45) is 0 Å². The van der Waals surface area contributed by atoms with Gasteiger partial charge in [0, 0.05) is 68.8 Å². The van der Waals surface area contributed by atoms with E-state index in [1.54, 1.807) is 0 Å². The molecule has 0 aliphatic rings. The molecule has 0 N–H and O–H groups in total. The molecule has 0 atom stereocenters. The van der Waals surface area contributed by atoms with Gasteiger partial charge in [-0.1, -0.05) is 121 Å². The molecule has 2 aromatic heterocycles. The van der Waals surface area contributed by atoms with Crippen molar-refractivity contribution >= 4 is 108 Å². The maximum absolute atomic E-state index is 2.46. The summed E-state index contributed by atoms with van der Waals surface area (Å²) < 4.78 is 5.12. The number of hydrogen-bond donors (Lipinski definition) is 0. The molecule has 0 saturated heterocycles. The van der Waals surface area contributed by atoms with Gasteiger partial charge < -0.3 is 9.80 Å². The summed E-state index contributed by atoms with van der Waals surface area (Å²) in [6, 6.07) is 75.1. The molecule has 0 spiro atoms. The fourth-order valence-electron chi connectivity index (χ4n) is 8.18. The van der Waals surface area contributed by atoms with Crippen LogP contribution in [0.15, 0.2) is 206 Å². The van der Waals surface area contributed by atoms with E-state index in [-0.39, 0.29) is 0 Å². The first-order valence-corrected chi connectivity index (χ1v) is 20.5. The Bertz CT molecular complexity index is 3160. The van der Waals surface area contributed by atoms with Gasteiger partial charge in [0.2, 0.25) is 0 Å². The molecule has 0 aliphatic carbocycles. The number of hydrogen-bond acceptors (Lipinski definition) is 4. The molecule has 264 valence electrons. The Morgan fingerprint density at radius 3 is 1.59 bits per heavy atom. The summed E-state index contributed by atoms with van der Waals surface area (Å²) >= 11 is 3.72. The van der Waals surface area contributed by atoms with Crippen LogP contribution in [-0.2, 0) is 0 Å². The summed E-state index contributed by atoms with van der Waals surface area (Å²) in [5.41, 5.74) is 9.26. The maximum Gasteiger partial charge on any atom is 0.0554 e. The zero-order valence-electron chi connectivity index (χ0n) is 30.3. The first-order valence-electron chi connectivity index (χ1n) is 18.9. The highest BCUT2D eigenvalue weighted by molar-refractivity contribution is 7.26. The molecule has 9 aromatic carbocycles. The minimum absolute atomic E-state index is 1.12. The van der Waals surface area contributed by atoms with E-state index in [1.807, 2.05) is 22.7 Å². The quantitative estimate of drug-likeness (QED) is 0.160. The van der Waals surface area contributed by atoms with Crippen molar-refractivity contribution in [1.82, 2.24) is 0 Å². The largest absolute Gasteiger partial charge is 0.310 e. The third-order valence-corrected chi connectivity index (χ3v) is 13.1. The maximum atomic E-state index is 2.46. The summed E-state index contributed by atoms with van der Waals surface area (Å²) in [4.78, 5) is 4.80. The second kappa shape index (κ2) is 13.5. The van der Waals surface area contributed by atoms with Gasteiger partial charge in [-0.2, -0.15) is 0 Å². The highest BCUT2D eigenvalue weighted by atomic mass is 32.1. The average molecular weight is 751 g/mol. The van der Waals surface area contributed by atoms with Crippen LogP contribution in [0.25, 0.3) is 62.2 Å². The van der Waals surface area contributed by atoms with Crippen LogP contribution in [0.3, 0.4) is 0 Å². The van der Waals surface area contributed by atoms with Crippen LogP contribution in [0.1, 0.15) is 0 Å². The molecular weight excluding hydrogens is 717 g/mol. The molecule has 11 aromatic rings. The fraction of sp³-hybridized carbons (Fsp3) is 0. The van der Waals surface area contributed by atoms with E-state index in [0.717, 1.165) is 28.4 Å². The van der Waals surface area contributed by atoms with Crippen molar-refractivity contribution in [3.05, 3.63) is 206 Å². The van der Waals surface area contributed by atoms with Crippen molar-refractivity contribution in [2.45, 2.75) is 0 Å². The van der Waals surface area contributed by atoms with Gasteiger partial charge in [0.1, 0.15) is 0 Å². The smallest absolute Gasteiger partial charge is 0.0554 e. The molecule has 4 heteroatoms. The van der Waals surface area contributed by atoms with Crippen molar-refractivity contribution in [1.29, 1.82) is 0 Å². The Labute approximate surface area is 333 Å². The van der Waals surface area contributed by atoms with E-state index >= 15 is 0 Å². The van der Waals surface area contributed by atoms with Gasteiger partial charge >= 0.3 is 0 Å². The number of fused-ring (bicyclic) bond motifs is 7. The Balaban J connectivity index is 1.08. The summed E-state index contributed by atoms with van der Waals surface area (Å²) in [6.07, 6.45) is 0. The van der Waals surface area contributed by atoms with Crippen LogP contribution in [-0.4, -0.2) is 0 Å². The van der Waals surface area contributed by atoms with Crippen LogP contribution in [0, 0.1) is 0 Å². The minimum atomic E-state index is 1.12. The fourth-order valence-corrected chi connectivity index (χ4v) is 10.5. The average Bonchev–Trinajstić information content (AvgIpc) is 3.83. The molecule has 0 radical (unpaired) electrons. The van der Waals surface area contributed by atoms with Crippen LogP contribution in [0.2, 0.25) is 0 Å². The van der Waals surface area contributed by atoms with E-state index in [0.29, 0.717) is 0 Å². The van der Waals surface area contributed by atoms with Gasteiger partial charge in [0.05, 0.1) is 5.69 Å². The third kappa shape index (κ3) is 5.62. The lowest BCUT2D eigenvalue weighted by atomic mass is 10.0. The van der Waals surface area contributed by atoms with E-state index < -0.39 is 0 Å². The number of para-hydroxylation sites is 2. The van der Waals surface area contributed by atoms with Crippen molar-refractivity contribution < 1.29 is 0 Å². The predicted molar refractivity (Wildman–Crippen MR) is 245 cm³/mol. The minimum Gasteiger partial charge on any atom is -0.310 e. The summed E-state index contributed by atoms with van der Waals surface area (Å²) in [5.74, 6) is 0. The first kappa shape index (κ1) is 32.7. The lowest BCUT2D eigenvalue weighted by Crippen LogP contribution is -2.10. The molecular formula is C52H34N2S2. The topological polar surface area (TPSA) is 6.48 Å². The van der Waals surface area contributed by atoms with Crippen LogP contribution in [0.5, 0.6) is 0 Å². The zero-order valence-corrected chi connectivity index (χ0v) is 32.0. The lowest BCUT2D eigenvalue weighted by molar-refractivity contribution is 1.29. The Morgan fingerprint density at radius 2 is 0.821 bits per heavy atom. The predicted octanol–water partition coefficient (Wildman–Crippen LogP) is 16.2. The summed E-state index contributed by atoms with van der Waals surface area (Å²) in [6.45, 7) is 0. The Morgan fingerprint density at radius 1 is 0.286 bits per heavy atom. The molecule has 2 heterocycles. The molecule has 0 fully saturated rings. The van der Waals surface area contributed by atoms with Gasteiger partial charge in [-0.15, -0.1) is 22.7 Å². The van der Waals surface area contributed by atoms with Crippen molar-refractivity contribution in [3.63, 3.8) is 0 Å². The number of nitrogens with zero attached hydrogens (tertiary/aromatic N) is 2. The van der Waals surface area contributed by atoms with Crippen molar-refractivity contribution in [2.75, 3.05) is 9.80 Å². The van der Waals surface area contributed by atoms with Gasteiger partial charge in [0.15, 0.2) is 0 Å². The summed E-state index contributed by atoms with van der Waals surface area (Å²) in [5, 5.41) is 7.64. The van der Waals surface area contributed by atoms with E-state index in [1.165, 1.54) is 67.9 Å². The van der Waals surface area contributed by atoms with Crippen LogP contribution >= 0.6 is 22.7 Å². The molecule has 0 saturated carbocycles. The second-order valence-corrected chi connectivity index (χ2v) is 16.3. The van der Waals surface area contributed by atoms with Gasteiger partial charge in [-0.25, -0.2) is 0 Å². The molecule has 0 unspecified atom stereocenters. The van der Waals surface area contributed by atoms with Gasteiger partial charge in [-0.3, -0.25) is 0 Å².